The summed E-state index contributed by atoms with van der Waals surface area (Å²) in [6.07, 6.45) is 0.768. The quantitative estimate of drug-likeness (QED) is 0.575. The summed E-state index contributed by atoms with van der Waals surface area (Å²) >= 11 is 10.5. The Morgan fingerprint density at radius 2 is 1.90 bits per heavy atom. The summed E-state index contributed by atoms with van der Waals surface area (Å²) in [7, 11) is 0. The van der Waals surface area contributed by atoms with Gasteiger partial charge in [-0.15, -0.1) is 12.6 Å². The van der Waals surface area contributed by atoms with Gasteiger partial charge in [0.1, 0.15) is 5.03 Å². The zero-order chi connectivity index (χ0) is 14.3. The largest absolute Gasteiger partial charge is 0.233 e. The van der Waals surface area contributed by atoms with Crippen molar-refractivity contribution in [1.29, 1.82) is 0 Å². The molecule has 1 aromatic carbocycles. The Morgan fingerprint density at radius 1 is 1.20 bits per heavy atom. The minimum absolute atomic E-state index is 0.743. The lowest BCUT2D eigenvalue weighted by Gasteiger charge is -2.10. The summed E-state index contributed by atoms with van der Waals surface area (Å²) < 4.78 is 1.79. The number of thiol groups is 1. The first-order valence-electron chi connectivity index (χ1n) is 6.34. The first kappa shape index (κ1) is 13.5. The van der Waals surface area contributed by atoms with Crippen molar-refractivity contribution >= 4 is 29.9 Å². The summed E-state index contributed by atoms with van der Waals surface area (Å²) in [5, 5.41) is 6.01. The lowest BCUT2D eigenvalue weighted by atomic mass is 10.1. The first-order valence-corrected chi connectivity index (χ1v) is 7.16. The second-order valence-electron chi connectivity index (χ2n) is 4.86. The van der Waals surface area contributed by atoms with Crippen LogP contribution >= 0.6 is 24.2 Å². The summed E-state index contributed by atoms with van der Waals surface area (Å²) in [4.78, 5) is 4.60. The van der Waals surface area contributed by atoms with Gasteiger partial charge >= 0.3 is 0 Å². The molecule has 20 heavy (non-hydrogen) atoms. The molecule has 3 rings (SSSR count). The number of nitrogens with zero attached hydrogens (tertiary/aromatic N) is 3. The minimum Gasteiger partial charge on any atom is -0.233 e. The molecule has 0 atom stereocenters. The standard InChI is InChI=1S/C15H14ClN3S/c1-9-7-14-17-10(2)13(15(20)19(14)18-9)8-11-3-5-12(16)6-4-11/h3-7,20H,8H2,1-2H3. The molecule has 3 aromatic rings. The van der Waals surface area contributed by atoms with Gasteiger partial charge in [-0.2, -0.15) is 5.10 Å². The molecule has 5 heteroatoms. The number of fused-ring (bicyclic) bond motifs is 1. The van der Waals surface area contributed by atoms with Gasteiger partial charge in [0.15, 0.2) is 5.65 Å². The maximum Gasteiger partial charge on any atom is 0.156 e. The fraction of sp³-hybridized carbons (Fsp3) is 0.200. The van der Waals surface area contributed by atoms with Crippen LogP contribution in [0.4, 0.5) is 0 Å². The van der Waals surface area contributed by atoms with E-state index < -0.39 is 0 Å². The van der Waals surface area contributed by atoms with Gasteiger partial charge in [-0.05, 0) is 31.5 Å². The van der Waals surface area contributed by atoms with Gasteiger partial charge < -0.3 is 0 Å². The van der Waals surface area contributed by atoms with Crippen molar-refractivity contribution in [3.8, 4) is 0 Å². The number of aromatic nitrogens is 3. The minimum atomic E-state index is 0.743. The summed E-state index contributed by atoms with van der Waals surface area (Å²) in [5.41, 5.74) is 5.03. The Kier molecular flexibility index (Phi) is 3.44. The SMILES string of the molecule is Cc1cc2nc(C)c(Cc3ccc(Cl)cc3)c(S)n2n1. The van der Waals surface area contributed by atoms with Crippen LogP contribution in [0.1, 0.15) is 22.5 Å². The van der Waals surface area contributed by atoms with Gasteiger partial charge in [0, 0.05) is 28.8 Å². The van der Waals surface area contributed by atoms with Crippen LogP contribution < -0.4 is 0 Å². The van der Waals surface area contributed by atoms with E-state index in [-0.39, 0.29) is 0 Å². The van der Waals surface area contributed by atoms with E-state index in [0.29, 0.717) is 0 Å². The van der Waals surface area contributed by atoms with Crippen molar-refractivity contribution in [3.05, 3.63) is 57.9 Å². The average Bonchev–Trinajstić information content (AvgIpc) is 2.77. The van der Waals surface area contributed by atoms with Crippen LogP contribution in [0.25, 0.3) is 5.65 Å². The second-order valence-corrected chi connectivity index (χ2v) is 5.72. The van der Waals surface area contributed by atoms with Gasteiger partial charge in [0.05, 0.1) is 5.69 Å². The Balaban J connectivity index is 2.08. The smallest absolute Gasteiger partial charge is 0.156 e. The van der Waals surface area contributed by atoms with Gasteiger partial charge in [0.25, 0.3) is 0 Å². The molecule has 0 bridgehead atoms. The molecule has 0 aliphatic rings. The van der Waals surface area contributed by atoms with Crippen molar-refractivity contribution in [2.75, 3.05) is 0 Å². The van der Waals surface area contributed by atoms with Crippen molar-refractivity contribution in [2.24, 2.45) is 0 Å². The molecule has 0 spiro atoms. The topological polar surface area (TPSA) is 30.2 Å². The third-order valence-electron chi connectivity index (χ3n) is 3.30. The highest BCUT2D eigenvalue weighted by Crippen LogP contribution is 2.23. The molecule has 0 unspecified atom stereocenters. The number of halogens is 1. The number of benzene rings is 1. The van der Waals surface area contributed by atoms with Crippen LogP contribution in [0.3, 0.4) is 0 Å². The molecule has 0 fully saturated rings. The normalized spacial score (nSPS) is 11.2. The molecule has 0 aliphatic heterocycles. The van der Waals surface area contributed by atoms with Gasteiger partial charge in [-0.25, -0.2) is 9.50 Å². The van der Waals surface area contributed by atoms with E-state index in [2.05, 4.69) is 22.7 Å². The van der Waals surface area contributed by atoms with E-state index in [1.807, 2.05) is 44.2 Å². The predicted octanol–water partition coefficient (Wildman–Crippen LogP) is 3.88. The molecule has 102 valence electrons. The summed E-state index contributed by atoms with van der Waals surface area (Å²) in [6.45, 7) is 3.96. The zero-order valence-electron chi connectivity index (χ0n) is 11.3. The molecule has 0 N–H and O–H groups in total. The lowest BCUT2D eigenvalue weighted by Crippen LogP contribution is -2.04. The van der Waals surface area contributed by atoms with Crippen molar-refractivity contribution < 1.29 is 0 Å². The molecule has 0 saturated heterocycles. The molecule has 2 heterocycles. The monoisotopic (exact) mass is 303 g/mol. The number of hydrogen-bond acceptors (Lipinski definition) is 3. The van der Waals surface area contributed by atoms with Gasteiger partial charge in [0.2, 0.25) is 0 Å². The van der Waals surface area contributed by atoms with Crippen LogP contribution in [-0.2, 0) is 6.42 Å². The van der Waals surface area contributed by atoms with Crippen LogP contribution in [-0.4, -0.2) is 14.6 Å². The van der Waals surface area contributed by atoms with E-state index in [9.17, 15) is 0 Å². The number of hydrogen-bond donors (Lipinski definition) is 1. The fourth-order valence-electron chi connectivity index (χ4n) is 2.26. The maximum absolute atomic E-state index is 5.92. The molecule has 0 saturated carbocycles. The highest BCUT2D eigenvalue weighted by Gasteiger charge is 2.12. The molecule has 0 amide bonds. The molecule has 0 aliphatic carbocycles. The number of rotatable bonds is 2. The van der Waals surface area contributed by atoms with Crippen LogP contribution in [0.15, 0.2) is 35.4 Å². The second kappa shape index (κ2) is 5.11. The van der Waals surface area contributed by atoms with Gasteiger partial charge in [-0.3, -0.25) is 0 Å². The summed E-state index contributed by atoms with van der Waals surface area (Å²) in [5.74, 6) is 0. The van der Waals surface area contributed by atoms with E-state index in [4.69, 9.17) is 11.6 Å². The summed E-state index contributed by atoms with van der Waals surface area (Å²) in [6, 6.07) is 9.79. The first-order chi connectivity index (χ1) is 9.54. The highest BCUT2D eigenvalue weighted by atomic mass is 35.5. The molecular weight excluding hydrogens is 290 g/mol. The Labute approximate surface area is 128 Å². The average molecular weight is 304 g/mol. The van der Waals surface area contributed by atoms with E-state index in [1.54, 1.807) is 4.52 Å². The third-order valence-corrected chi connectivity index (χ3v) is 4.01. The Morgan fingerprint density at radius 3 is 2.60 bits per heavy atom. The molecule has 3 nitrogen and oxygen atoms in total. The maximum atomic E-state index is 5.92. The van der Waals surface area contributed by atoms with Crippen LogP contribution in [0.5, 0.6) is 0 Å². The lowest BCUT2D eigenvalue weighted by molar-refractivity contribution is 0.795. The molecular formula is C15H14ClN3S. The highest BCUT2D eigenvalue weighted by molar-refractivity contribution is 7.80. The van der Waals surface area contributed by atoms with Crippen LogP contribution in [0.2, 0.25) is 5.02 Å². The zero-order valence-corrected chi connectivity index (χ0v) is 12.9. The molecule has 0 radical (unpaired) electrons. The predicted molar refractivity (Wildman–Crippen MR) is 84.0 cm³/mol. The van der Waals surface area contributed by atoms with Crippen LogP contribution in [0, 0.1) is 13.8 Å². The van der Waals surface area contributed by atoms with Gasteiger partial charge in [-0.1, -0.05) is 23.7 Å². The van der Waals surface area contributed by atoms with E-state index in [1.165, 1.54) is 5.56 Å². The fourth-order valence-corrected chi connectivity index (χ4v) is 2.78. The number of aryl methyl sites for hydroxylation is 2. The molecule has 2 aromatic heterocycles. The van der Waals surface area contributed by atoms with Crippen molar-refractivity contribution in [1.82, 2.24) is 14.6 Å². The van der Waals surface area contributed by atoms with Crippen molar-refractivity contribution in [3.63, 3.8) is 0 Å². The Hall–Kier alpha value is -1.52. The van der Waals surface area contributed by atoms with E-state index in [0.717, 1.165) is 39.1 Å². The van der Waals surface area contributed by atoms with E-state index >= 15 is 0 Å². The van der Waals surface area contributed by atoms with Crippen molar-refractivity contribution in [2.45, 2.75) is 25.3 Å². The Bertz CT molecular complexity index is 778. The third kappa shape index (κ3) is 2.41.